The molecule has 1 N–H and O–H groups in total. The molecule has 734 valence electrons. The zero-order chi connectivity index (χ0) is 97.2. The number of morpholine rings is 5. The van der Waals surface area contributed by atoms with Gasteiger partial charge in [-0.15, -0.1) is 0 Å². The predicted molar refractivity (Wildman–Crippen MR) is 544 cm³/mol. The zero-order valence-corrected chi connectivity index (χ0v) is 84.6. The molecule has 8 fully saturated rings. The summed E-state index contributed by atoms with van der Waals surface area (Å²) < 4.78 is 120. The van der Waals surface area contributed by atoms with Crippen molar-refractivity contribution in [1.82, 2.24) is 103 Å². The molecule has 3 aromatic carbocycles. The second-order valence-electron chi connectivity index (χ2n) is 36.3. The van der Waals surface area contributed by atoms with Crippen LogP contribution in [0.2, 0.25) is 5.28 Å². The predicted octanol–water partition coefficient (Wildman–Crippen LogP) is 13.0. The number of fused-ring (bicyclic) bond motifs is 4. The second kappa shape index (κ2) is 41.1. The number of aryl methyl sites for hydroxylation is 1. The maximum Gasteiger partial charge on any atom is 0.240 e. The number of rotatable bonds is 18. The molecule has 8 atom stereocenters. The minimum atomic E-state index is -2.37. The lowest BCUT2D eigenvalue weighted by Crippen LogP contribution is -2.44. The second-order valence-corrected chi connectivity index (χ2v) is 49.4. The SMILES string of the molecule is C[C@@H]1COCCN1c1cc(N=S(C)(=O)C2CC2)nc(-n2cnc3ccccc32)n1.C[C@@H]1COCCN1c1cc(N=S(C)(C)=O)nc(-n2ccnc2Cl)n1.C[C@@H]1COCCN1c1cc(N=[S@@](C)(=O)C2CC2)nc(-n2cnc3ccccc32)n1.C[C@@H]1COCCN1c1cc(N=[S@](C)(=O)C2CC2)nc(-n2cnc3ccccc32)n1.Cc1nc2nccc(-c3nc(N=S(C)(C)=O)cc(N4CCOC[C@H]4C)n3)c2[nH]1. The molecule has 3 saturated carbocycles. The van der Waals surface area contributed by atoms with Crippen LogP contribution in [0.1, 0.15) is 79.0 Å². The van der Waals surface area contributed by atoms with Crippen LogP contribution in [0.3, 0.4) is 0 Å². The van der Waals surface area contributed by atoms with Crippen LogP contribution < -0.4 is 24.5 Å². The monoisotopic (exact) mass is 2010 g/mol. The number of hydrogen-bond acceptors (Lipinski definition) is 36. The summed E-state index contributed by atoms with van der Waals surface area (Å²) in [6, 6.07) is 35.4. The van der Waals surface area contributed by atoms with Crippen LogP contribution in [0.25, 0.3) is 79.4 Å². The molecule has 14 aromatic rings. The molecule has 5 saturated heterocycles. The van der Waals surface area contributed by atoms with Crippen molar-refractivity contribution in [2.45, 2.75) is 126 Å². The Morgan fingerprint density at radius 2 is 0.669 bits per heavy atom. The Hall–Kier alpha value is -11.9. The number of aromatic nitrogens is 21. The van der Waals surface area contributed by atoms with Gasteiger partial charge in [-0.05, 0) is 134 Å². The van der Waals surface area contributed by atoms with Gasteiger partial charge in [-0.3, -0.25) is 18.3 Å². The molecular formula is C92H114ClN31O10S5. The van der Waals surface area contributed by atoms with Crippen LogP contribution in [0, 0.1) is 6.92 Å². The largest absolute Gasteiger partial charge is 0.377 e. The van der Waals surface area contributed by atoms with Gasteiger partial charge in [0.1, 0.15) is 53.9 Å². The van der Waals surface area contributed by atoms with Crippen molar-refractivity contribution >= 4 is 163 Å². The molecule has 1 unspecified atom stereocenters. The number of anilines is 5. The molecule has 11 aromatic heterocycles. The van der Waals surface area contributed by atoms with E-state index in [1.54, 1.807) is 98.1 Å². The van der Waals surface area contributed by atoms with E-state index >= 15 is 0 Å². The maximum atomic E-state index is 13.0. The molecule has 22 rings (SSSR count). The Balaban J connectivity index is 0.000000115. The van der Waals surface area contributed by atoms with Gasteiger partial charge in [-0.2, -0.15) is 61.7 Å². The lowest BCUT2D eigenvalue weighted by Gasteiger charge is -2.34. The van der Waals surface area contributed by atoms with Crippen LogP contribution in [0.4, 0.5) is 58.2 Å². The van der Waals surface area contributed by atoms with Crippen molar-refractivity contribution in [3.05, 3.63) is 158 Å². The summed E-state index contributed by atoms with van der Waals surface area (Å²) in [7, 11) is -11.7. The minimum Gasteiger partial charge on any atom is -0.377 e. The van der Waals surface area contributed by atoms with Gasteiger partial charge in [0.15, 0.2) is 40.6 Å². The minimum absolute atomic E-state index is 0.167. The average molecular weight is 2010 g/mol. The average Bonchev–Trinajstić information content (AvgIpc) is 1.70. The number of ether oxygens (including phenoxy) is 5. The summed E-state index contributed by atoms with van der Waals surface area (Å²) >= 11 is 6.08. The number of hydrogen-bond donors (Lipinski definition) is 1. The van der Waals surface area contributed by atoms with Crippen molar-refractivity contribution < 1.29 is 44.7 Å². The third kappa shape index (κ3) is 23.6. The first kappa shape index (κ1) is 97.4. The Kier molecular flexibility index (Phi) is 28.8. The molecule has 139 heavy (non-hydrogen) atoms. The van der Waals surface area contributed by atoms with Gasteiger partial charge in [-0.25, -0.2) is 60.9 Å². The fourth-order valence-corrected chi connectivity index (χ4v) is 22.8. The van der Waals surface area contributed by atoms with E-state index in [-0.39, 0.29) is 51.2 Å². The van der Waals surface area contributed by atoms with Crippen LogP contribution in [-0.2, 0) is 72.3 Å². The molecule has 5 aliphatic heterocycles. The lowest BCUT2D eigenvalue weighted by molar-refractivity contribution is 0.0985. The highest BCUT2D eigenvalue weighted by Crippen LogP contribution is 2.39. The van der Waals surface area contributed by atoms with Gasteiger partial charge >= 0.3 is 0 Å². The molecule has 47 heteroatoms. The van der Waals surface area contributed by atoms with Gasteiger partial charge in [0.05, 0.1) is 164 Å². The van der Waals surface area contributed by atoms with Crippen molar-refractivity contribution in [1.29, 1.82) is 0 Å². The highest BCUT2D eigenvalue weighted by atomic mass is 35.5. The van der Waals surface area contributed by atoms with Gasteiger partial charge < -0.3 is 53.2 Å². The lowest BCUT2D eigenvalue weighted by atomic mass is 10.2. The molecular weight excluding hydrogens is 1900 g/mol. The topological polar surface area (TPSA) is 451 Å². The number of pyridine rings is 1. The first-order valence-corrected chi connectivity index (χ1v) is 57.1. The van der Waals surface area contributed by atoms with Gasteiger partial charge in [0.2, 0.25) is 29.1 Å². The Bertz CT molecular complexity index is 7130. The molecule has 3 aliphatic carbocycles. The van der Waals surface area contributed by atoms with E-state index in [1.807, 2.05) is 118 Å². The first-order chi connectivity index (χ1) is 66.7. The highest BCUT2D eigenvalue weighted by molar-refractivity contribution is 7.94. The molecule has 8 aliphatic rings. The van der Waals surface area contributed by atoms with Gasteiger partial charge in [0, 0.05) is 166 Å². The number of halogens is 1. The van der Waals surface area contributed by atoms with Crippen molar-refractivity contribution in [3.63, 3.8) is 0 Å². The van der Waals surface area contributed by atoms with Crippen LogP contribution in [-0.4, -0.2) is 313 Å². The Morgan fingerprint density at radius 3 is 0.978 bits per heavy atom. The van der Waals surface area contributed by atoms with Gasteiger partial charge in [0.25, 0.3) is 0 Å². The van der Waals surface area contributed by atoms with E-state index < -0.39 is 48.6 Å². The van der Waals surface area contributed by atoms with E-state index in [0.717, 1.165) is 138 Å². The normalized spacial score (nSPS) is 20.5. The van der Waals surface area contributed by atoms with E-state index in [2.05, 4.69) is 146 Å². The van der Waals surface area contributed by atoms with Crippen molar-refractivity contribution in [2.24, 2.45) is 21.8 Å². The zero-order valence-electron chi connectivity index (χ0n) is 79.7. The van der Waals surface area contributed by atoms with Gasteiger partial charge in [-0.1, -0.05) is 36.4 Å². The van der Waals surface area contributed by atoms with E-state index in [1.165, 1.54) is 0 Å². The number of nitrogens with zero attached hydrogens (tertiary/aromatic N) is 30. The number of nitrogens with one attached hydrogen (secondary N) is 1. The quantitative estimate of drug-likeness (QED) is 0.0833. The molecule has 0 spiro atoms. The number of H-pyrrole nitrogens is 1. The highest BCUT2D eigenvalue weighted by Gasteiger charge is 2.36. The van der Waals surface area contributed by atoms with E-state index in [0.29, 0.717) is 143 Å². The standard InChI is InChI=1S/3C20H24N6O2S.C18H23N7O2S.C14H19ClN6O2S/c3*1-14-12-28-10-9-25(14)19-11-18(24-29(2,27)15-7-8-15)22-20(23-19)26-13-21-16-5-3-4-6-17(16)26;1-11-10-27-8-7-25(11)15-9-14(24-28(3,4)26)22-17(23-15)13-5-6-19-18-16(13)20-12(2)21-18;1-10-9-23-7-6-20(10)12-8-11(19-24(2,3)22)17-14(18-12)21-5-4-16-13(21)15/h3*3-6,11,13-15H,7-10,12H2,1-2H3;5-6,9,11H,7-8,10H2,1-4H3,(H,19,20,21);4-5,8,10H,6-7,9H2,1-3H3/t14-,29?;14-,29+;14-,29-;11-;10-/m11111/s1. The Morgan fingerprint density at radius 1 is 0.360 bits per heavy atom. The first-order valence-electron chi connectivity index (χ1n) is 46.1. The summed E-state index contributed by atoms with van der Waals surface area (Å²) in [5, 5.41) is 0.754. The van der Waals surface area contributed by atoms with Crippen LogP contribution >= 0.6 is 11.6 Å². The number of benzene rings is 3. The molecule has 0 bridgehead atoms. The Labute approximate surface area is 812 Å². The maximum absolute atomic E-state index is 13.0. The fraction of sp³-hybridized carbons (Fsp3) is 0.457. The van der Waals surface area contributed by atoms with Crippen molar-refractivity contribution in [3.8, 4) is 35.2 Å². The van der Waals surface area contributed by atoms with Crippen molar-refractivity contribution in [2.75, 3.05) is 167 Å². The third-order valence-electron chi connectivity index (χ3n) is 24.2. The molecule has 0 radical (unpaired) electrons. The summed E-state index contributed by atoms with van der Waals surface area (Å²) in [6.45, 7) is 22.4. The van der Waals surface area contributed by atoms with Crippen LogP contribution in [0.15, 0.2) is 169 Å². The molecule has 16 heterocycles. The smallest absolute Gasteiger partial charge is 0.240 e. The van der Waals surface area contributed by atoms with E-state index in [4.69, 9.17) is 55.2 Å². The number of aromatic amines is 1. The summed E-state index contributed by atoms with van der Waals surface area (Å²) in [5.74, 6) is 8.95. The fourth-order valence-electron chi connectivity index (χ4n) is 16.7. The molecule has 41 nitrogen and oxygen atoms in total. The summed E-state index contributed by atoms with van der Waals surface area (Å²) in [4.78, 5) is 86.9. The number of para-hydroxylation sites is 6. The van der Waals surface area contributed by atoms with E-state index in [9.17, 15) is 21.0 Å². The third-order valence-corrected chi connectivity index (χ3v) is 32.5. The molecule has 0 amide bonds. The summed E-state index contributed by atoms with van der Waals surface area (Å²) in [6.07, 6.45) is 27.4. The van der Waals surface area contributed by atoms with Crippen LogP contribution in [0.5, 0.6) is 0 Å². The number of imidazole rings is 5. The summed E-state index contributed by atoms with van der Waals surface area (Å²) in [5.41, 5.74) is 7.54.